The van der Waals surface area contributed by atoms with E-state index in [-0.39, 0.29) is 37.8 Å². The fraction of sp³-hybridized carbons (Fsp3) is 0.400. The maximum atomic E-state index is 12.5. The molecule has 0 bridgehead atoms. The molecule has 1 aliphatic rings. The monoisotopic (exact) mass is 454 g/mol. The summed E-state index contributed by atoms with van der Waals surface area (Å²) in [6, 6.07) is 15.8. The third-order valence-electron chi connectivity index (χ3n) is 5.76. The minimum atomic E-state index is -1.52. The maximum Gasteiger partial charge on any atom is 0.407 e. The zero-order valence-corrected chi connectivity index (χ0v) is 18.6. The number of ether oxygens (including phenoxy) is 1. The Bertz CT molecular complexity index is 947. The molecule has 0 saturated carbocycles. The normalized spacial score (nSPS) is 14.0. The first kappa shape index (κ1) is 24.3. The molecule has 0 spiro atoms. The van der Waals surface area contributed by atoms with E-state index < -0.39 is 24.2 Å². The van der Waals surface area contributed by atoms with Crippen molar-refractivity contribution in [2.75, 3.05) is 13.2 Å². The first-order valence-electron chi connectivity index (χ1n) is 11.2. The number of aliphatic hydroxyl groups excluding tert-OH is 1. The van der Waals surface area contributed by atoms with Crippen molar-refractivity contribution in [1.29, 1.82) is 0 Å². The Kier molecular flexibility index (Phi) is 8.43. The number of nitrogens with one attached hydrogen (secondary N) is 2. The average molecular weight is 455 g/mol. The number of amides is 2. The Morgan fingerprint density at radius 3 is 2.18 bits per heavy atom. The Labute approximate surface area is 193 Å². The van der Waals surface area contributed by atoms with Crippen LogP contribution >= 0.6 is 0 Å². The van der Waals surface area contributed by atoms with E-state index in [1.165, 1.54) is 0 Å². The van der Waals surface area contributed by atoms with Crippen LogP contribution in [0.1, 0.15) is 49.7 Å². The highest BCUT2D eigenvalue weighted by Gasteiger charge is 2.29. The second-order valence-electron chi connectivity index (χ2n) is 8.15. The number of carboxylic acids is 1. The van der Waals surface area contributed by atoms with Gasteiger partial charge in [0.05, 0.1) is 0 Å². The van der Waals surface area contributed by atoms with Gasteiger partial charge in [-0.15, -0.1) is 0 Å². The van der Waals surface area contributed by atoms with E-state index in [9.17, 15) is 19.5 Å². The summed E-state index contributed by atoms with van der Waals surface area (Å²) in [7, 11) is 0. The number of carboxylic acid groups (broad SMARTS) is 1. The van der Waals surface area contributed by atoms with Crippen molar-refractivity contribution >= 4 is 18.0 Å². The second kappa shape index (κ2) is 11.5. The number of rotatable bonds is 11. The lowest BCUT2D eigenvalue weighted by molar-refractivity contribution is -0.147. The van der Waals surface area contributed by atoms with Crippen LogP contribution in [0.5, 0.6) is 0 Å². The molecule has 33 heavy (non-hydrogen) atoms. The van der Waals surface area contributed by atoms with Gasteiger partial charge in [0, 0.05) is 31.3 Å². The second-order valence-corrected chi connectivity index (χ2v) is 8.15. The molecule has 2 aromatic rings. The number of carbonyl (C=O) groups is 3. The van der Waals surface area contributed by atoms with Gasteiger partial charge in [0.25, 0.3) is 0 Å². The van der Waals surface area contributed by atoms with E-state index in [2.05, 4.69) is 22.8 Å². The molecule has 0 fully saturated rings. The van der Waals surface area contributed by atoms with Crippen molar-refractivity contribution in [2.45, 2.75) is 50.7 Å². The Morgan fingerprint density at radius 1 is 1.00 bits per heavy atom. The molecular weight excluding hydrogens is 424 g/mol. The van der Waals surface area contributed by atoms with E-state index in [0.29, 0.717) is 6.42 Å². The lowest BCUT2D eigenvalue weighted by Gasteiger charge is -2.19. The van der Waals surface area contributed by atoms with Gasteiger partial charge in [-0.3, -0.25) is 4.79 Å². The van der Waals surface area contributed by atoms with E-state index in [4.69, 9.17) is 9.84 Å². The summed E-state index contributed by atoms with van der Waals surface area (Å²) in [6.07, 6.45) is -0.782. The summed E-state index contributed by atoms with van der Waals surface area (Å²) in [5.41, 5.74) is 4.55. The van der Waals surface area contributed by atoms with Gasteiger partial charge in [0.15, 0.2) is 6.10 Å². The summed E-state index contributed by atoms with van der Waals surface area (Å²) < 4.78 is 5.56. The number of carbonyl (C=O) groups excluding carboxylic acids is 2. The van der Waals surface area contributed by atoms with Gasteiger partial charge in [-0.1, -0.05) is 61.9 Å². The van der Waals surface area contributed by atoms with Crippen LogP contribution in [0.25, 0.3) is 11.1 Å². The first-order valence-corrected chi connectivity index (χ1v) is 11.2. The number of aliphatic hydroxyl groups is 1. The van der Waals surface area contributed by atoms with E-state index in [0.717, 1.165) is 28.7 Å². The van der Waals surface area contributed by atoms with Gasteiger partial charge in [-0.05, 0) is 28.7 Å². The van der Waals surface area contributed by atoms with E-state index in [1.54, 1.807) is 0 Å². The standard InChI is InChI=1S/C25H30N2O6/c1-2-7-16(14-23(29)26-13-12-22(28)24(30)31)27-25(32)33-15-21-19-10-5-3-8-17(19)18-9-4-6-11-20(18)21/h3-6,8-11,16,21-22,28H,2,7,12-15H2,1H3,(H,26,29)(H,27,32)(H,30,31). The number of benzene rings is 2. The van der Waals surface area contributed by atoms with Gasteiger partial charge < -0.3 is 25.6 Å². The van der Waals surface area contributed by atoms with Crippen LogP contribution < -0.4 is 10.6 Å². The highest BCUT2D eigenvalue weighted by atomic mass is 16.5. The molecule has 2 amide bonds. The van der Waals surface area contributed by atoms with Crippen LogP contribution in [0.15, 0.2) is 48.5 Å². The molecule has 3 rings (SSSR count). The minimum Gasteiger partial charge on any atom is -0.479 e. The molecule has 0 aromatic heterocycles. The average Bonchev–Trinajstić information content (AvgIpc) is 3.11. The summed E-state index contributed by atoms with van der Waals surface area (Å²) >= 11 is 0. The number of aliphatic carboxylic acids is 1. The zero-order valence-electron chi connectivity index (χ0n) is 18.6. The molecular formula is C25H30N2O6. The summed E-state index contributed by atoms with van der Waals surface area (Å²) in [4.78, 5) is 35.3. The van der Waals surface area contributed by atoms with E-state index >= 15 is 0 Å². The van der Waals surface area contributed by atoms with Crippen molar-refractivity contribution in [1.82, 2.24) is 10.6 Å². The highest BCUT2D eigenvalue weighted by molar-refractivity contribution is 5.79. The molecule has 176 valence electrons. The van der Waals surface area contributed by atoms with Crippen molar-refractivity contribution in [3.05, 3.63) is 59.7 Å². The number of hydrogen-bond donors (Lipinski definition) is 4. The molecule has 0 aliphatic heterocycles. The van der Waals surface area contributed by atoms with Gasteiger partial charge in [0.1, 0.15) is 6.61 Å². The molecule has 2 aromatic carbocycles. The molecule has 8 nitrogen and oxygen atoms in total. The van der Waals surface area contributed by atoms with Crippen molar-refractivity contribution in [2.24, 2.45) is 0 Å². The third kappa shape index (κ3) is 6.32. The van der Waals surface area contributed by atoms with Crippen LogP contribution in [0.4, 0.5) is 4.79 Å². The topological polar surface area (TPSA) is 125 Å². The summed E-state index contributed by atoms with van der Waals surface area (Å²) in [5.74, 6) is -1.70. The van der Waals surface area contributed by atoms with Gasteiger partial charge >= 0.3 is 12.1 Å². The number of fused-ring (bicyclic) bond motifs is 3. The summed E-state index contributed by atoms with van der Waals surface area (Å²) in [5, 5.41) is 23.3. The Balaban J connectivity index is 1.52. The lowest BCUT2D eigenvalue weighted by Crippen LogP contribution is -2.40. The van der Waals surface area contributed by atoms with Gasteiger partial charge in [0.2, 0.25) is 5.91 Å². The van der Waals surface area contributed by atoms with Gasteiger partial charge in [-0.2, -0.15) is 0 Å². The van der Waals surface area contributed by atoms with Gasteiger partial charge in [-0.25, -0.2) is 9.59 Å². The molecule has 2 unspecified atom stereocenters. The molecule has 0 saturated heterocycles. The van der Waals surface area contributed by atoms with Crippen LogP contribution in [-0.4, -0.2) is 53.5 Å². The quantitative estimate of drug-likeness (QED) is 0.414. The minimum absolute atomic E-state index is 0.0378. The number of alkyl carbamates (subject to hydrolysis) is 1. The molecule has 0 radical (unpaired) electrons. The Morgan fingerprint density at radius 2 is 1.61 bits per heavy atom. The molecule has 0 heterocycles. The molecule has 2 atom stereocenters. The largest absolute Gasteiger partial charge is 0.479 e. The van der Waals surface area contributed by atoms with Crippen molar-refractivity contribution < 1.29 is 29.3 Å². The zero-order chi connectivity index (χ0) is 23.8. The van der Waals surface area contributed by atoms with Crippen LogP contribution in [0.2, 0.25) is 0 Å². The smallest absolute Gasteiger partial charge is 0.407 e. The predicted molar refractivity (Wildman–Crippen MR) is 123 cm³/mol. The fourth-order valence-corrected chi connectivity index (χ4v) is 4.15. The van der Waals surface area contributed by atoms with Crippen LogP contribution in [-0.2, 0) is 14.3 Å². The Hall–Kier alpha value is -3.39. The fourth-order valence-electron chi connectivity index (χ4n) is 4.15. The number of hydrogen-bond acceptors (Lipinski definition) is 5. The lowest BCUT2D eigenvalue weighted by atomic mass is 9.98. The predicted octanol–water partition coefficient (Wildman–Crippen LogP) is 3.04. The third-order valence-corrected chi connectivity index (χ3v) is 5.76. The van der Waals surface area contributed by atoms with Crippen LogP contribution in [0, 0.1) is 0 Å². The SMILES string of the molecule is CCCC(CC(=O)NCCC(O)C(=O)O)NC(=O)OCC1c2ccccc2-c2ccccc21. The van der Waals surface area contributed by atoms with Crippen molar-refractivity contribution in [3.8, 4) is 11.1 Å². The maximum absolute atomic E-state index is 12.5. The molecule has 4 N–H and O–H groups in total. The van der Waals surface area contributed by atoms with E-state index in [1.807, 2.05) is 43.3 Å². The summed E-state index contributed by atoms with van der Waals surface area (Å²) in [6.45, 7) is 2.18. The van der Waals surface area contributed by atoms with Crippen molar-refractivity contribution in [3.63, 3.8) is 0 Å². The van der Waals surface area contributed by atoms with Crippen LogP contribution in [0.3, 0.4) is 0 Å². The molecule has 8 heteroatoms. The highest BCUT2D eigenvalue weighted by Crippen LogP contribution is 2.44. The molecule has 1 aliphatic carbocycles. The first-order chi connectivity index (χ1) is 15.9.